The molecule has 4 heteroatoms. The number of hydrogen-bond donors (Lipinski definition) is 0. The molecule has 0 amide bonds. The van der Waals surface area contributed by atoms with E-state index in [1.54, 1.807) is 0 Å². The first-order valence-corrected chi connectivity index (χ1v) is 12.0. The molecule has 2 aliphatic heterocycles. The molecule has 2 saturated heterocycles. The molecule has 4 rings (SSSR count). The van der Waals surface area contributed by atoms with Crippen LogP contribution in [0.3, 0.4) is 0 Å². The Balaban J connectivity index is 0.00000117. The molecule has 0 unspecified atom stereocenters. The minimum atomic E-state index is 0.676. The fraction of sp³-hybridized carbons (Fsp3) is 0.760. The van der Waals surface area contributed by atoms with Crippen molar-refractivity contribution in [3.05, 3.63) is 30.3 Å². The summed E-state index contributed by atoms with van der Waals surface area (Å²) in [4.78, 5) is 10.4. The van der Waals surface area contributed by atoms with Crippen LogP contribution in [0.5, 0.6) is 0 Å². The SMILES string of the molecule is CC.CN(C)C1CCC2(CC1)CCN(CN1CCN(c3ccccc3)CC1)CC2. The van der Waals surface area contributed by atoms with Gasteiger partial charge in [0, 0.05) is 37.9 Å². The first kappa shape index (κ1) is 22.6. The van der Waals surface area contributed by atoms with E-state index in [2.05, 4.69) is 64.0 Å². The number of piperidine rings is 1. The number of nitrogens with zero attached hydrogens (tertiary/aromatic N) is 4. The molecule has 1 aliphatic carbocycles. The Hall–Kier alpha value is -1.10. The standard InChI is InChI=1S/C23H38N4.C2H6/c1-24(2)21-8-10-23(11-9-21)12-14-25(15-13-23)20-26-16-18-27(19-17-26)22-6-4-3-5-7-22;1-2/h3-7,21H,8-20H2,1-2H3;1-2H3. The molecule has 2 heterocycles. The van der Waals surface area contributed by atoms with Crippen LogP contribution < -0.4 is 4.90 Å². The summed E-state index contributed by atoms with van der Waals surface area (Å²) in [5, 5.41) is 0. The highest BCUT2D eigenvalue weighted by molar-refractivity contribution is 5.46. The van der Waals surface area contributed by atoms with Crippen LogP contribution in [0.1, 0.15) is 52.4 Å². The van der Waals surface area contributed by atoms with Gasteiger partial charge in [0.2, 0.25) is 0 Å². The number of rotatable bonds is 4. The van der Waals surface area contributed by atoms with Gasteiger partial charge in [-0.05, 0) is 83.3 Å². The van der Waals surface area contributed by atoms with Gasteiger partial charge >= 0.3 is 0 Å². The topological polar surface area (TPSA) is 13.0 Å². The molecule has 0 atom stereocenters. The van der Waals surface area contributed by atoms with Crippen LogP contribution in [0.25, 0.3) is 0 Å². The van der Waals surface area contributed by atoms with E-state index in [0.29, 0.717) is 5.41 Å². The summed E-state index contributed by atoms with van der Waals surface area (Å²) < 4.78 is 0. The van der Waals surface area contributed by atoms with Crippen LogP contribution in [0.4, 0.5) is 5.69 Å². The van der Waals surface area contributed by atoms with E-state index in [4.69, 9.17) is 0 Å². The van der Waals surface area contributed by atoms with Gasteiger partial charge in [-0.2, -0.15) is 0 Å². The number of hydrogen-bond acceptors (Lipinski definition) is 4. The molecule has 1 aromatic rings. The van der Waals surface area contributed by atoms with Crippen molar-refractivity contribution >= 4 is 5.69 Å². The Bertz CT molecular complexity index is 562. The molecule has 3 fully saturated rings. The van der Waals surface area contributed by atoms with Gasteiger partial charge in [0.15, 0.2) is 0 Å². The molecule has 3 aliphatic rings. The second-order valence-corrected chi connectivity index (χ2v) is 9.39. The summed E-state index contributed by atoms with van der Waals surface area (Å²) in [5.41, 5.74) is 2.06. The molecular formula is C25H44N4. The Morgan fingerprint density at radius 3 is 1.90 bits per heavy atom. The van der Waals surface area contributed by atoms with E-state index in [1.807, 2.05) is 13.8 Å². The van der Waals surface area contributed by atoms with Gasteiger partial charge in [-0.1, -0.05) is 32.0 Å². The van der Waals surface area contributed by atoms with Gasteiger partial charge in [0.05, 0.1) is 6.67 Å². The molecule has 0 radical (unpaired) electrons. The van der Waals surface area contributed by atoms with Crippen molar-refractivity contribution in [2.24, 2.45) is 5.41 Å². The Labute approximate surface area is 179 Å². The second kappa shape index (κ2) is 10.8. The van der Waals surface area contributed by atoms with Crippen molar-refractivity contribution in [2.45, 2.75) is 58.4 Å². The molecule has 0 bridgehead atoms. The van der Waals surface area contributed by atoms with Crippen LogP contribution in [0, 0.1) is 5.41 Å². The molecule has 0 N–H and O–H groups in total. The van der Waals surface area contributed by atoms with E-state index in [1.165, 1.54) is 77.1 Å². The van der Waals surface area contributed by atoms with Crippen molar-refractivity contribution in [3.8, 4) is 0 Å². The van der Waals surface area contributed by atoms with E-state index in [0.717, 1.165) is 19.1 Å². The minimum Gasteiger partial charge on any atom is -0.369 e. The third-order valence-corrected chi connectivity index (χ3v) is 7.56. The molecule has 1 saturated carbocycles. The lowest BCUT2D eigenvalue weighted by molar-refractivity contribution is 0.0191. The average Bonchev–Trinajstić information content (AvgIpc) is 2.78. The van der Waals surface area contributed by atoms with Crippen LogP contribution in [0.15, 0.2) is 30.3 Å². The normalized spacial score (nSPS) is 23.8. The first-order valence-electron chi connectivity index (χ1n) is 12.0. The Morgan fingerprint density at radius 1 is 0.793 bits per heavy atom. The third-order valence-electron chi connectivity index (χ3n) is 7.56. The fourth-order valence-corrected chi connectivity index (χ4v) is 5.47. The van der Waals surface area contributed by atoms with Crippen LogP contribution in [-0.4, -0.2) is 80.8 Å². The van der Waals surface area contributed by atoms with Gasteiger partial charge in [-0.25, -0.2) is 0 Å². The van der Waals surface area contributed by atoms with Crippen LogP contribution in [0.2, 0.25) is 0 Å². The van der Waals surface area contributed by atoms with Crippen molar-refractivity contribution in [3.63, 3.8) is 0 Å². The lowest BCUT2D eigenvalue weighted by atomic mass is 9.67. The predicted octanol–water partition coefficient (Wildman–Crippen LogP) is 4.38. The minimum absolute atomic E-state index is 0.676. The zero-order chi connectivity index (χ0) is 20.7. The number of anilines is 1. The van der Waals surface area contributed by atoms with E-state index < -0.39 is 0 Å². The van der Waals surface area contributed by atoms with Gasteiger partial charge in [0.25, 0.3) is 0 Å². The van der Waals surface area contributed by atoms with E-state index in [9.17, 15) is 0 Å². The molecule has 4 nitrogen and oxygen atoms in total. The summed E-state index contributed by atoms with van der Waals surface area (Å²) >= 11 is 0. The zero-order valence-electron chi connectivity index (χ0n) is 19.4. The summed E-state index contributed by atoms with van der Waals surface area (Å²) in [5.74, 6) is 0. The average molecular weight is 401 g/mol. The highest BCUT2D eigenvalue weighted by Crippen LogP contribution is 2.45. The maximum atomic E-state index is 2.72. The van der Waals surface area contributed by atoms with Crippen molar-refractivity contribution in [1.29, 1.82) is 0 Å². The lowest BCUT2D eigenvalue weighted by Gasteiger charge is -2.48. The molecule has 1 aromatic carbocycles. The van der Waals surface area contributed by atoms with Gasteiger partial charge in [0.1, 0.15) is 0 Å². The summed E-state index contributed by atoms with van der Waals surface area (Å²) in [6.45, 7) is 12.5. The molecule has 164 valence electrons. The van der Waals surface area contributed by atoms with E-state index >= 15 is 0 Å². The van der Waals surface area contributed by atoms with Gasteiger partial charge < -0.3 is 9.80 Å². The number of likely N-dealkylation sites (tertiary alicyclic amines) is 1. The van der Waals surface area contributed by atoms with Crippen molar-refractivity contribution in [1.82, 2.24) is 14.7 Å². The quantitative estimate of drug-likeness (QED) is 0.743. The Kier molecular flexibility index (Phi) is 8.40. The van der Waals surface area contributed by atoms with E-state index in [-0.39, 0.29) is 0 Å². The predicted molar refractivity (Wildman–Crippen MR) is 126 cm³/mol. The third kappa shape index (κ3) is 5.96. The van der Waals surface area contributed by atoms with Crippen LogP contribution >= 0.6 is 0 Å². The zero-order valence-corrected chi connectivity index (χ0v) is 19.4. The monoisotopic (exact) mass is 400 g/mol. The molecule has 0 aromatic heterocycles. The smallest absolute Gasteiger partial charge is 0.0507 e. The molecule has 1 spiro atoms. The van der Waals surface area contributed by atoms with Gasteiger partial charge in [-0.3, -0.25) is 9.80 Å². The molecular weight excluding hydrogens is 356 g/mol. The molecule has 29 heavy (non-hydrogen) atoms. The first-order chi connectivity index (χ1) is 14.1. The summed E-state index contributed by atoms with van der Waals surface area (Å²) in [6, 6.07) is 11.7. The summed E-state index contributed by atoms with van der Waals surface area (Å²) in [7, 11) is 4.51. The maximum absolute atomic E-state index is 2.72. The Morgan fingerprint density at radius 2 is 1.34 bits per heavy atom. The van der Waals surface area contributed by atoms with Crippen LogP contribution in [-0.2, 0) is 0 Å². The second-order valence-electron chi connectivity index (χ2n) is 9.39. The summed E-state index contributed by atoms with van der Waals surface area (Å²) in [6.07, 6.45) is 8.59. The number of para-hydroxylation sites is 1. The number of benzene rings is 1. The number of piperazine rings is 1. The highest BCUT2D eigenvalue weighted by Gasteiger charge is 2.38. The van der Waals surface area contributed by atoms with Gasteiger partial charge in [-0.15, -0.1) is 0 Å². The largest absolute Gasteiger partial charge is 0.369 e. The van der Waals surface area contributed by atoms with Crippen molar-refractivity contribution < 1.29 is 0 Å². The highest BCUT2D eigenvalue weighted by atomic mass is 15.3. The maximum Gasteiger partial charge on any atom is 0.0507 e. The van der Waals surface area contributed by atoms with Crippen molar-refractivity contribution in [2.75, 3.05) is 64.9 Å². The lowest BCUT2D eigenvalue weighted by Crippen LogP contribution is -2.52. The fourth-order valence-electron chi connectivity index (χ4n) is 5.47.